The van der Waals surface area contributed by atoms with Crippen LogP contribution in [-0.2, 0) is 12.7 Å². The quantitative estimate of drug-likeness (QED) is 0.793. The minimum Gasteiger partial charge on any atom is -0.468 e. The van der Waals surface area contributed by atoms with Crippen LogP contribution in [0.15, 0.2) is 0 Å². The summed E-state index contributed by atoms with van der Waals surface area (Å²) in [5.74, 6) is -0.512. The van der Waals surface area contributed by atoms with E-state index >= 15 is 0 Å². The Balaban J connectivity index is 3.07. The van der Waals surface area contributed by atoms with Gasteiger partial charge in [0, 0.05) is 12.1 Å². The summed E-state index contributed by atoms with van der Waals surface area (Å²) in [6.07, 6.45) is -9.34. The van der Waals surface area contributed by atoms with E-state index in [0.29, 0.717) is 0 Å². The average Bonchev–Trinajstić information content (AvgIpc) is 2.50. The molecule has 0 radical (unpaired) electrons. The third-order valence-electron chi connectivity index (χ3n) is 2.07. The Morgan fingerprint density at radius 2 is 1.72 bits per heavy atom. The molecule has 0 saturated carbocycles. The van der Waals surface area contributed by atoms with E-state index < -0.39 is 36.1 Å². The fraction of sp³-hybridized carbons (Fsp3) is 0.667. The molecule has 0 unspecified atom stereocenters. The van der Waals surface area contributed by atoms with Crippen LogP contribution in [0.2, 0.25) is 0 Å². The van der Waals surface area contributed by atoms with Crippen molar-refractivity contribution >= 4 is 0 Å². The van der Waals surface area contributed by atoms with Crippen molar-refractivity contribution in [2.75, 3.05) is 6.61 Å². The predicted molar refractivity (Wildman–Crippen MR) is 49.2 cm³/mol. The van der Waals surface area contributed by atoms with E-state index in [0.717, 1.165) is 11.6 Å². The maximum absolute atomic E-state index is 12.5. The van der Waals surface area contributed by atoms with Crippen LogP contribution < -0.4 is 4.74 Å². The van der Waals surface area contributed by atoms with Crippen molar-refractivity contribution in [3.05, 3.63) is 11.3 Å². The fourth-order valence-electron chi connectivity index (χ4n) is 1.35. The van der Waals surface area contributed by atoms with Gasteiger partial charge in [-0.15, -0.1) is 0 Å². The van der Waals surface area contributed by atoms with E-state index in [1.807, 2.05) is 0 Å². The lowest BCUT2D eigenvalue weighted by molar-refractivity contribution is -0.154. The Hall–Kier alpha value is -1.41. The first-order valence-electron chi connectivity index (χ1n) is 4.90. The third-order valence-corrected chi connectivity index (χ3v) is 2.07. The van der Waals surface area contributed by atoms with Gasteiger partial charge in [0.05, 0.1) is 0 Å². The standard InChI is InChI=1S/C9H10F6N2O/c1-3-17-7(18-4-8(10,11)12)5(2)6(16-17)9(13,14)15/h3-4H2,1-2H3. The highest BCUT2D eigenvalue weighted by Crippen LogP contribution is 2.35. The molecule has 0 aliphatic carbocycles. The summed E-state index contributed by atoms with van der Waals surface area (Å²) in [4.78, 5) is 0. The summed E-state index contributed by atoms with van der Waals surface area (Å²) in [5.41, 5.74) is -1.69. The van der Waals surface area contributed by atoms with Crippen LogP contribution in [-0.4, -0.2) is 22.6 Å². The Labute approximate surface area is 98.3 Å². The first-order valence-corrected chi connectivity index (χ1v) is 4.90. The molecule has 104 valence electrons. The molecular weight excluding hydrogens is 266 g/mol. The number of nitrogens with zero attached hydrogens (tertiary/aromatic N) is 2. The second-order valence-electron chi connectivity index (χ2n) is 3.50. The van der Waals surface area contributed by atoms with Gasteiger partial charge in [0.2, 0.25) is 5.88 Å². The van der Waals surface area contributed by atoms with Crippen molar-refractivity contribution in [2.45, 2.75) is 32.7 Å². The molecule has 0 amide bonds. The number of ether oxygens (including phenoxy) is 1. The van der Waals surface area contributed by atoms with E-state index in [-0.39, 0.29) is 6.54 Å². The van der Waals surface area contributed by atoms with Gasteiger partial charge in [-0.2, -0.15) is 31.4 Å². The maximum Gasteiger partial charge on any atom is 0.435 e. The van der Waals surface area contributed by atoms with E-state index in [1.54, 1.807) is 0 Å². The number of rotatable bonds is 3. The predicted octanol–water partition coefficient (Wildman–Crippen LogP) is 3.17. The molecule has 18 heavy (non-hydrogen) atoms. The minimum absolute atomic E-state index is 0.0237. The SMILES string of the molecule is CCn1nc(C(F)(F)F)c(C)c1OCC(F)(F)F. The molecule has 3 nitrogen and oxygen atoms in total. The molecule has 1 heterocycles. The summed E-state index contributed by atoms with van der Waals surface area (Å²) in [6.45, 7) is 0.793. The topological polar surface area (TPSA) is 27.1 Å². The largest absolute Gasteiger partial charge is 0.468 e. The molecule has 0 aliphatic rings. The van der Waals surface area contributed by atoms with Gasteiger partial charge in [-0.05, 0) is 13.8 Å². The van der Waals surface area contributed by atoms with Crippen molar-refractivity contribution in [3.8, 4) is 5.88 Å². The summed E-state index contributed by atoms with van der Waals surface area (Å²) >= 11 is 0. The van der Waals surface area contributed by atoms with Crippen molar-refractivity contribution < 1.29 is 31.1 Å². The van der Waals surface area contributed by atoms with E-state index in [9.17, 15) is 26.3 Å². The molecule has 9 heteroatoms. The van der Waals surface area contributed by atoms with Crippen LogP contribution in [0.1, 0.15) is 18.2 Å². The molecule has 0 saturated heterocycles. The van der Waals surface area contributed by atoms with Gasteiger partial charge in [-0.1, -0.05) is 0 Å². The van der Waals surface area contributed by atoms with Gasteiger partial charge in [-0.25, -0.2) is 4.68 Å². The molecule has 1 aromatic heterocycles. The van der Waals surface area contributed by atoms with Crippen LogP contribution in [0.5, 0.6) is 5.88 Å². The molecule has 0 N–H and O–H groups in total. The summed E-state index contributed by atoms with van der Waals surface area (Å²) in [6, 6.07) is 0. The molecular formula is C9H10F6N2O. The normalized spacial score (nSPS) is 12.9. The van der Waals surface area contributed by atoms with Crippen LogP contribution in [0.25, 0.3) is 0 Å². The fourth-order valence-corrected chi connectivity index (χ4v) is 1.35. The molecule has 0 spiro atoms. The van der Waals surface area contributed by atoms with Gasteiger partial charge < -0.3 is 4.74 Å². The Morgan fingerprint density at radius 1 is 1.17 bits per heavy atom. The van der Waals surface area contributed by atoms with E-state index in [4.69, 9.17) is 0 Å². The Bertz CT molecular complexity index is 420. The Morgan fingerprint density at radius 3 is 2.11 bits per heavy atom. The van der Waals surface area contributed by atoms with E-state index in [1.165, 1.54) is 6.92 Å². The molecule has 1 rings (SSSR count). The number of hydrogen-bond acceptors (Lipinski definition) is 2. The molecule has 0 bridgehead atoms. The number of halogens is 6. The second-order valence-corrected chi connectivity index (χ2v) is 3.50. The molecule has 0 aromatic carbocycles. The highest BCUT2D eigenvalue weighted by molar-refractivity contribution is 5.32. The second kappa shape index (κ2) is 4.69. The zero-order chi connectivity index (χ0) is 14.1. The summed E-state index contributed by atoms with van der Waals surface area (Å²) in [7, 11) is 0. The van der Waals surface area contributed by atoms with Crippen molar-refractivity contribution in [3.63, 3.8) is 0 Å². The monoisotopic (exact) mass is 276 g/mol. The number of alkyl halides is 6. The van der Waals surface area contributed by atoms with Crippen LogP contribution in [0.3, 0.4) is 0 Å². The van der Waals surface area contributed by atoms with Crippen molar-refractivity contribution in [1.82, 2.24) is 9.78 Å². The highest BCUT2D eigenvalue weighted by atomic mass is 19.4. The summed E-state index contributed by atoms with van der Waals surface area (Å²) < 4.78 is 78.5. The lowest BCUT2D eigenvalue weighted by Crippen LogP contribution is -2.20. The highest BCUT2D eigenvalue weighted by Gasteiger charge is 2.39. The minimum atomic E-state index is -4.72. The molecule has 0 fully saturated rings. The number of hydrogen-bond donors (Lipinski definition) is 0. The van der Waals surface area contributed by atoms with E-state index in [2.05, 4.69) is 9.84 Å². The zero-order valence-corrected chi connectivity index (χ0v) is 9.48. The smallest absolute Gasteiger partial charge is 0.435 e. The summed E-state index contributed by atoms with van der Waals surface area (Å²) in [5, 5.41) is 3.20. The van der Waals surface area contributed by atoms with Crippen molar-refractivity contribution in [1.29, 1.82) is 0 Å². The Kier molecular flexibility index (Phi) is 3.82. The maximum atomic E-state index is 12.5. The molecule has 0 aliphatic heterocycles. The zero-order valence-electron chi connectivity index (χ0n) is 9.48. The van der Waals surface area contributed by atoms with Gasteiger partial charge in [0.15, 0.2) is 12.3 Å². The lowest BCUT2D eigenvalue weighted by atomic mass is 10.2. The molecule has 0 atom stereocenters. The first-order chi connectivity index (χ1) is 8.06. The number of aryl methyl sites for hydroxylation is 1. The average molecular weight is 276 g/mol. The lowest BCUT2D eigenvalue weighted by Gasteiger charge is -2.10. The molecule has 1 aromatic rings. The van der Waals surface area contributed by atoms with Crippen LogP contribution >= 0.6 is 0 Å². The van der Waals surface area contributed by atoms with Crippen LogP contribution in [0.4, 0.5) is 26.3 Å². The van der Waals surface area contributed by atoms with Crippen molar-refractivity contribution in [2.24, 2.45) is 0 Å². The van der Waals surface area contributed by atoms with Gasteiger partial charge >= 0.3 is 12.4 Å². The van der Waals surface area contributed by atoms with Gasteiger partial charge in [0.25, 0.3) is 0 Å². The van der Waals surface area contributed by atoms with Gasteiger partial charge in [-0.3, -0.25) is 0 Å². The van der Waals surface area contributed by atoms with Gasteiger partial charge in [0.1, 0.15) is 0 Å². The van der Waals surface area contributed by atoms with Crippen LogP contribution in [0, 0.1) is 6.92 Å². The number of aromatic nitrogens is 2. The third kappa shape index (κ3) is 3.30. The first kappa shape index (κ1) is 14.7.